The van der Waals surface area contributed by atoms with Gasteiger partial charge in [-0.15, -0.1) is 0 Å². The van der Waals surface area contributed by atoms with Gasteiger partial charge in [0.2, 0.25) is 0 Å². The van der Waals surface area contributed by atoms with Crippen molar-refractivity contribution in [3.05, 3.63) is 78.8 Å². The van der Waals surface area contributed by atoms with Crippen molar-refractivity contribution in [1.29, 1.82) is 0 Å². The van der Waals surface area contributed by atoms with Crippen molar-refractivity contribution in [3.63, 3.8) is 0 Å². The first-order valence-corrected chi connectivity index (χ1v) is 9.86. The molecule has 128 valence electrons. The standard InChI is InChI=1S/C19H10Cl6/c20-12-5-1-3-8-10(16(22)18(24)14(8)12)7-11-9-4-2-6-13(21)15(9)19(25)17(11)23/h1-6,10-11H,7H2. The monoisotopic (exact) mass is 448 g/mol. The minimum Gasteiger partial charge on any atom is -0.0868 e. The maximum Gasteiger partial charge on any atom is 0.0647 e. The predicted octanol–water partition coefficient (Wildman–Crippen LogP) is 8.57. The molecule has 2 atom stereocenters. The smallest absolute Gasteiger partial charge is 0.0647 e. The Morgan fingerprint density at radius 3 is 1.40 bits per heavy atom. The lowest BCUT2D eigenvalue weighted by molar-refractivity contribution is 0.672. The Morgan fingerprint density at radius 2 is 1.00 bits per heavy atom. The van der Waals surface area contributed by atoms with Gasteiger partial charge in [0.05, 0.1) is 10.1 Å². The molecule has 0 aliphatic heterocycles. The van der Waals surface area contributed by atoms with Crippen LogP contribution in [0.3, 0.4) is 0 Å². The summed E-state index contributed by atoms with van der Waals surface area (Å²) >= 11 is 38.6. The van der Waals surface area contributed by atoms with E-state index in [1.165, 1.54) is 0 Å². The van der Waals surface area contributed by atoms with Crippen molar-refractivity contribution in [2.75, 3.05) is 0 Å². The second kappa shape index (κ2) is 6.68. The molecule has 0 fully saturated rings. The van der Waals surface area contributed by atoms with Gasteiger partial charge in [0, 0.05) is 43.1 Å². The van der Waals surface area contributed by atoms with Crippen molar-refractivity contribution in [2.24, 2.45) is 0 Å². The molecule has 2 aliphatic carbocycles. The molecule has 2 aromatic rings. The molecular formula is C19H10Cl6. The van der Waals surface area contributed by atoms with Crippen molar-refractivity contribution in [3.8, 4) is 0 Å². The maximum atomic E-state index is 6.56. The molecule has 0 heterocycles. The molecule has 4 rings (SSSR count). The predicted molar refractivity (Wildman–Crippen MR) is 110 cm³/mol. The Bertz CT molecular complexity index is 879. The lowest BCUT2D eigenvalue weighted by atomic mass is 9.87. The van der Waals surface area contributed by atoms with Crippen LogP contribution in [0.25, 0.3) is 10.1 Å². The Balaban J connectivity index is 1.79. The van der Waals surface area contributed by atoms with E-state index < -0.39 is 0 Å². The molecule has 0 spiro atoms. The van der Waals surface area contributed by atoms with E-state index in [4.69, 9.17) is 69.6 Å². The van der Waals surface area contributed by atoms with Gasteiger partial charge >= 0.3 is 0 Å². The van der Waals surface area contributed by atoms with Crippen LogP contribution in [0.4, 0.5) is 0 Å². The molecule has 0 aromatic heterocycles. The average Bonchev–Trinajstić information content (AvgIpc) is 2.97. The number of hydrogen-bond acceptors (Lipinski definition) is 0. The summed E-state index contributed by atoms with van der Waals surface area (Å²) in [6, 6.07) is 11.4. The molecule has 0 saturated carbocycles. The summed E-state index contributed by atoms with van der Waals surface area (Å²) in [5, 5.41) is 3.36. The molecule has 0 bridgehead atoms. The van der Waals surface area contributed by atoms with E-state index in [0.29, 0.717) is 36.6 Å². The van der Waals surface area contributed by atoms with E-state index >= 15 is 0 Å². The zero-order valence-corrected chi connectivity index (χ0v) is 17.1. The number of halogens is 6. The SMILES string of the molecule is ClC1=C(Cl)C(CC2C(Cl)=C(Cl)c3c(Cl)cccc32)c2cccc(Cl)c21. The fourth-order valence-electron chi connectivity index (χ4n) is 3.64. The molecule has 6 heteroatoms. The van der Waals surface area contributed by atoms with Crippen molar-refractivity contribution in [1.82, 2.24) is 0 Å². The van der Waals surface area contributed by atoms with Crippen molar-refractivity contribution >= 4 is 79.7 Å². The van der Waals surface area contributed by atoms with Crippen LogP contribution in [-0.2, 0) is 0 Å². The summed E-state index contributed by atoms with van der Waals surface area (Å²) in [4.78, 5) is 0. The van der Waals surface area contributed by atoms with Crippen molar-refractivity contribution < 1.29 is 0 Å². The Kier molecular flexibility index (Phi) is 4.82. The second-order valence-electron chi connectivity index (χ2n) is 6.07. The number of benzene rings is 2. The molecule has 0 nitrogen and oxygen atoms in total. The third kappa shape index (κ3) is 2.74. The van der Waals surface area contributed by atoms with Gasteiger partial charge in [-0.1, -0.05) is 93.9 Å². The van der Waals surface area contributed by atoms with E-state index in [0.717, 1.165) is 22.3 Å². The zero-order valence-electron chi connectivity index (χ0n) is 12.6. The lowest BCUT2D eigenvalue weighted by Gasteiger charge is -2.20. The fourth-order valence-corrected chi connectivity index (χ4v) is 5.58. The molecule has 2 unspecified atom stereocenters. The molecule has 0 saturated heterocycles. The Hall–Kier alpha value is -0.340. The van der Waals surface area contributed by atoms with Gasteiger partial charge in [-0.3, -0.25) is 0 Å². The largest absolute Gasteiger partial charge is 0.0868 e. The first-order chi connectivity index (χ1) is 11.9. The fraction of sp³-hybridized carbons (Fsp3) is 0.158. The third-order valence-electron chi connectivity index (χ3n) is 4.78. The molecule has 0 radical (unpaired) electrons. The van der Waals surface area contributed by atoms with Gasteiger partial charge < -0.3 is 0 Å². The molecule has 0 N–H and O–H groups in total. The summed E-state index contributed by atoms with van der Waals surface area (Å²) in [6.07, 6.45) is 0.644. The minimum atomic E-state index is -0.0870. The number of fused-ring (bicyclic) bond motifs is 2. The topological polar surface area (TPSA) is 0 Å². The molecule has 25 heavy (non-hydrogen) atoms. The summed E-state index contributed by atoms with van der Waals surface area (Å²) in [5.74, 6) is -0.174. The highest BCUT2D eigenvalue weighted by atomic mass is 35.5. The lowest BCUT2D eigenvalue weighted by Crippen LogP contribution is -2.05. The van der Waals surface area contributed by atoms with E-state index in [9.17, 15) is 0 Å². The number of hydrogen-bond donors (Lipinski definition) is 0. The van der Waals surface area contributed by atoms with Crippen LogP contribution in [0.5, 0.6) is 0 Å². The summed E-state index contributed by atoms with van der Waals surface area (Å²) in [5.41, 5.74) is 3.63. The third-order valence-corrected chi connectivity index (χ3v) is 7.30. The van der Waals surface area contributed by atoms with Crippen LogP contribution in [0.1, 0.15) is 40.5 Å². The second-order valence-corrected chi connectivity index (χ2v) is 8.46. The first kappa shape index (κ1) is 18.0. The van der Waals surface area contributed by atoms with Crippen LogP contribution in [0.15, 0.2) is 46.5 Å². The van der Waals surface area contributed by atoms with E-state index in [1.807, 2.05) is 36.4 Å². The van der Waals surface area contributed by atoms with Gasteiger partial charge in [-0.2, -0.15) is 0 Å². The van der Waals surface area contributed by atoms with Crippen LogP contribution in [0, 0.1) is 0 Å². The number of rotatable bonds is 2. The van der Waals surface area contributed by atoms with Crippen LogP contribution in [0.2, 0.25) is 10.0 Å². The molecule has 2 aliphatic rings. The Morgan fingerprint density at radius 1 is 0.600 bits per heavy atom. The van der Waals surface area contributed by atoms with Crippen molar-refractivity contribution in [2.45, 2.75) is 18.3 Å². The van der Waals surface area contributed by atoms with Gasteiger partial charge in [0.15, 0.2) is 0 Å². The Labute approximate surface area is 175 Å². The van der Waals surface area contributed by atoms with Gasteiger partial charge in [0.1, 0.15) is 0 Å². The maximum absolute atomic E-state index is 6.56. The van der Waals surface area contributed by atoms with Crippen LogP contribution in [-0.4, -0.2) is 0 Å². The molecule has 2 aromatic carbocycles. The highest BCUT2D eigenvalue weighted by Gasteiger charge is 2.38. The summed E-state index contributed by atoms with van der Waals surface area (Å²) in [6.45, 7) is 0. The summed E-state index contributed by atoms with van der Waals surface area (Å²) < 4.78 is 0. The molecular weight excluding hydrogens is 441 g/mol. The highest BCUT2D eigenvalue weighted by Crippen LogP contribution is 2.56. The summed E-state index contributed by atoms with van der Waals surface area (Å²) in [7, 11) is 0. The quantitative estimate of drug-likeness (QED) is 0.429. The average molecular weight is 451 g/mol. The minimum absolute atomic E-state index is 0.0870. The van der Waals surface area contributed by atoms with E-state index in [2.05, 4.69) is 0 Å². The number of allylic oxidation sites excluding steroid dienone is 2. The van der Waals surface area contributed by atoms with Gasteiger partial charge in [0.25, 0.3) is 0 Å². The first-order valence-electron chi connectivity index (χ1n) is 7.59. The molecule has 0 amide bonds. The highest BCUT2D eigenvalue weighted by molar-refractivity contribution is 6.58. The van der Waals surface area contributed by atoms with Gasteiger partial charge in [-0.05, 0) is 29.7 Å². The van der Waals surface area contributed by atoms with Gasteiger partial charge in [-0.25, -0.2) is 0 Å². The van der Waals surface area contributed by atoms with Crippen LogP contribution >= 0.6 is 69.6 Å². The van der Waals surface area contributed by atoms with Crippen LogP contribution < -0.4 is 0 Å². The normalized spacial score (nSPS) is 21.8. The van der Waals surface area contributed by atoms with E-state index in [-0.39, 0.29) is 11.8 Å². The zero-order chi connectivity index (χ0) is 17.9. The van der Waals surface area contributed by atoms with E-state index in [1.54, 1.807) is 0 Å².